The summed E-state index contributed by atoms with van der Waals surface area (Å²) >= 11 is 0. The van der Waals surface area contributed by atoms with Gasteiger partial charge >= 0.3 is 11.9 Å². The first-order chi connectivity index (χ1) is 6.39. The van der Waals surface area contributed by atoms with Crippen LogP contribution >= 0.6 is 0 Å². The number of carbonyl (C=O) groups excluding carboxylic acids is 2. The monoisotopic (exact) mass is 200 g/mol. The Morgan fingerprint density at radius 3 is 2.07 bits per heavy atom. The van der Waals surface area contributed by atoms with Crippen LogP contribution in [-0.4, -0.2) is 33.7 Å². The molecule has 2 unspecified atom stereocenters. The third kappa shape index (κ3) is 0.905. The van der Waals surface area contributed by atoms with E-state index in [2.05, 4.69) is 0 Å². The van der Waals surface area contributed by atoms with Gasteiger partial charge in [0.25, 0.3) is 0 Å². The van der Waals surface area contributed by atoms with E-state index in [-0.39, 0.29) is 6.42 Å². The second-order valence-corrected chi connectivity index (χ2v) is 3.09. The molecule has 0 heterocycles. The van der Waals surface area contributed by atoms with Crippen LogP contribution in [0.3, 0.4) is 0 Å². The molecule has 0 aromatic carbocycles. The van der Waals surface area contributed by atoms with Crippen LogP contribution in [0.4, 0.5) is 0 Å². The number of hydrogen-bond acceptors (Lipinski definition) is 4. The van der Waals surface area contributed by atoms with E-state index in [1.165, 1.54) is 6.92 Å². The predicted octanol–water partition coefficient (Wildman–Crippen LogP) is -0.680. The van der Waals surface area contributed by atoms with Crippen molar-refractivity contribution in [2.45, 2.75) is 13.3 Å². The highest BCUT2D eigenvalue weighted by Gasteiger charge is 2.69. The maximum absolute atomic E-state index is 11.1. The third-order valence-electron chi connectivity index (χ3n) is 2.57. The smallest absolute Gasteiger partial charge is 0.319 e. The summed E-state index contributed by atoms with van der Waals surface area (Å²) in [7, 11) is 0. The molecule has 0 aliphatic heterocycles. The second kappa shape index (κ2) is 2.90. The molecule has 1 aliphatic rings. The van der Waals surface area contributed by atoms with Gasteiger partial charge in [0.05, 0.1) is 0 Å². The van der Waals surface area contributed by atoms with Crippen LogP contribution in [0.25, 0.3) is 0 Å². The van der Waals surface area contributed by atoms with Crippen molar-refractivity contribution in [2.75, 3.05) is 0 Å². The van der Waals surface area contributed by atoms with E-state index in [9.17, 15) is 19.2 Å². The standard InChI is InChI=1S/C8H8O6/c1-2-8(7(13)14)3(6(11)12)4(9)5(8)10/h3H,2H2,1H3,(H,11,12)(H,13,14). The maximum Gasteiger partial charge on any atom is 0.319 e. The van der Waals surface area contributed by atoms with Crippen molar-refractivity contribution in [1.82, 2.24) is 0 Å². The fraction of sp³-hybridized carbons (Fsp3) is 0.500. The lowest BCUT2D eigenvalue weighted by Gasteiger charge is -2.38. The van der Waals surface area contributed by atoms with Crippen molar-refractivity contribution in [2.24, 2.45) is 11.3 Å². The molecule has 76 valence electrons. The molecule has 1 fully saturated rings. The average Bonchev–Trinajstić information content (AvgIpc) is 2.10. The molecule has 6 nitrogen and oxygen atoms in total. The highest BCUT2D eigenvalue weighted by Crippen LogP contribution is 2.43. The summed E-state index contributed by atoms with van der Waals surface area (Å²) in [5.74, 6) is -7.06. The van der Waals surface area contributed by atoms with E-state index in [1.54, 1.807) is 0 Å². The van der Waals surface area contributed by atoms with Gasteiger partial charge in [-0.05, 0) is 6.42 Å². The molecule has 0 spiro atoms. The molecule has 1 rings (SSSR count). The zero-order valence-electron chi connectivity index (χ0n) is 7.31. The molecule has 0 aromatic rings. The highest BCUT2D eigenvalue weighted by molar-refractivity contribution is 6.54. The van der Waals surface area contributed by atoms with Crippen LogP contribution in [-0.2, 0) is 19.2 Å². The minimum absolute atomic E-state index is 0.191. The second-order valence-electron chi connectivity index (χ2n) is 3.09. The van der Waals surface area contributed by atoms with Crippen molar-refractivity contribution in [3.63, 3.8) is 0 Å². The summed E-state index contributed by atoms with van der Waals surface area (Å²) in [5, 5.41) is 17.4. The molecular formula is C8H8O6. The fourth-order valence-corrected chi connectivity index (χ4v) is 1.69. The first-order valence-electron chi connectivity index (χ1n) is 3.94. The number of aliphatic carboxylic acids is 2. The van der Waals surface area contributed by atoms with Gasteiger partial charge in [-0.25, -0.2) is 0 Å². The van der Waals surface area contributed by atoms with Gasteiger partial charge in [-0.15, -0.1) is 0 Å². The van der Waals surface area contributed by atoms with Crippen molar-refractivity contribution >= 4 is 23.5 Å². The van der Waals surface area contributed by atoms with E-state index in [1.807, 2.05) is 0 Å². The van der Waals surface area contributed by atoms with E-state index >= 15 is 0 Å². The van der Waals surface area contributed by atoms with Crippen LogP contribution in [0, 0.1) is 11.3 Å². The summed E-state index contributed by atoms with van der Waals surface area (Å²) < 4.78 is 0. The van der Waals surface area contributed by atoms with Crippen LogP contribution in [0.5, 0.6) is 0 Å². The molecule has 0 amide bonds. The van der Waals surface area contributed by atoms with Crippen molar-refractivity contribution in [3.05, 3.63) is 0 Å². The normalized spacial score (nSPS) is 31.1. The Kier molecular flexibility index (Phi) is 2.15. The number of rotatable bonds is 3. The first-order valence-corrected chi connectivity index (χ1v) is 3.94. The van der Waals surface area contributed by atoms with Gasteiger partial charge in [0.2, 0.25) is 11.6 Å². The zero-order valence-corrected chi connectivity index (χ0v) is 7.31. The molecule has 0 bridgehead atoms. The number of hydrogen-bond donors (Lipinski definition) is 2. The van der Waals surface area contributed by atoms with E-state index in [4.69, 9.17) is 10.2 Å². The lowest BCUT2D eigenvalue weighted by atomic mass is 9.56. The minimum atomic E-state index is -2.04. The zero-order chi connectivity index (χ0) is 11.1. The number of Topliss-reactive ketones (excluding diaryl/α,β-unsaturated/α-hetero) is 2. The van der Waals surface area contributed by atoms with Gasteiger partial charge in [0.15, 0.2) is 5.41 Å². The molecule has 6 heteroatoms. The van der Waals surface area contributed by atoms with Crippen LogP contribution in [0.2, 0.25) is 0 Å². The Morgan fingerprint density at radius 2 is 1.86 bits per heavy atom. The van der Waals surface area contributed by atoms with Gasteiger partial charge in [-0.2, -0.15) is 0 Å². The van der Waals surface area contributed by atoms with Crippen LogP contribution < -0.4 is 0 Å². The number of carboxylic acids is 2. The number of ketones is 2. The molecule has 1 aliphatic carbocycles. The van der Waals surface area contributed by atoms with E-state index in [0.717, 1.165) is 0 Å². The number of carbonyl (C=O) groups is 4. The van der Waals surface area contributed by atoms with Crippen molar-refractivity contribution in [3.8, 4) is 0 Å². The quantitative estimate of drug-likeness (QED) is 0.461. The van der Waals surface area contributed by atoms with Gasteiger partial charge in [-0.1, -0.05) is 6.92 Å². The summed E-state index contributed by atoms with van der Waals surface area (Å²) in [6.07, 6.45) is -0.191. The van der Waals surface area contributed by atoms with Crippen LogP contribution in [0.15, 0.2) is 0 Å². The van der Waals surface area contributed by atoms with Crippen molar-refractivity contribution < 1.29 is 29.4 Å². The first kappa shape index (κ1) is 10.4. The molecule has 1 saturated carbocycles. The molecular weight excluding hydrogens is 192 g/mol. The molecule has 0 saturated heterocycles. The summed E-state index contributed by atoms with van der Waals surface area (Å²) in [6, 6.07) is 0. The molecule has 14 heavy (non-hydrogen) atoms. The van der Waals surface area contributed by atoms with Gasteiger partial charge in [-0.3, -0.25) is 19.2 Å². The van der Waals surface area contributed by atoms with Gasteiger partial charge < -0.3 is 10.2 Å². The average molecular weight is 200 g/mol. The summed E-state index contributed by atoms with van der Waals surface area (Å²) in [6.45, 7) is 1.37. The third-order valence-corrected chi connectivity index (χ3v) is 2.57. The Balaban J connectivity index is 3.19. The van der Waals surface area contributed by atoms with E-state index < -0.39 is 34.8 Å². The Hall–Kier alpha value is -1.72. The molecule has 0 aromatic heterocycles. The Labute approximate surface area is 78.5 Å². The van der Waals surface area contributed by atoms with Gasteiger partial charge in [0.1, 0.15) is 5.92 Å². The largest absolute Gasteiger partial charge is 0.481 e. The summed E-state index contributed by atoms with van der Waals surface area (Å²) in [5.41, 5.74) is -2.04. The molecule has 2 N–H and O–H groups in total. The maximum atomic E-state index is 11.1. The SMILES string of the molecule is CCC1(C(=O)O)C(=O)C(=O)C1C(=O)O. The topological polar surface area (TPSA) is 109 Å². The fourth-order valence-electron chi connectivity index (χ4n) is 1.69. The lowest BCUT2D eigenvalue weighted by molar-refractivity contribution is -0.183. The summed E-state index contributed by atoms with van der Waals surface area (Å²) in [4.78, 5) is 43.3. The highest BCUT2D eigenvalue weighted by atomic mass is 16.4. The Morgan fingerprint density at radius 1 is 1.36 bits per heavy atom. The molecule has 0 radical (unpaired) electrons. The van der Waals surface area contributed by atoms with Gasteiger partial charge in [0, 0.05) is 0 Å². The lowest BCUT2D eigenvalue weighted by Crippen LogP contribution is -2.65. The predicted molar refractivity (Wildman–Crippen MR) is 41.5 cm³/mol. The van der Waals surface area contributed by atoms with E-state index in [0.29, 0.717) is 0 Å². The Bertz CT molecular complexity index is 344. The molecule has 2 atom stereocenters. The minimum Gasteiger partial charge on any atom is -0.481 e. The van der Waals surface area contributed by atoms with Crippen LogP contribution in [0.1, 0.15) is 13.3 Å². The van der Waals surface area contributed by atoms with Crippen molar-refractivity contribution in [1.29, 1.82) is 0 Å². The number of carboxylic acid groups (broad SMARTS) is 2.